The van der Waals surface area contributed by atoms with Crippen LogP contribution in [-0.2, 0) is 0 Å². The first-order valence-electron chi connectivity index (χ1n) is 6.36. The molecule has 1 heterocycles. The van der Waals surface area contributed by atoms with Gasteiger partial charge in [-0.2, -0.15) is 0 Å². The highest BCUT2D eigenvalue weighted by atomic mass is 19.4. The quantitative estimate of drug-likeness (QED) is 0.936. The summed E-state index contributed by atoms with van der Waals surface area (Å²) in [5.74, 6) is -0.215. The molecule has 0 spiro atoms. The van der Waals surface area contributed by atoms with Crippen LogP contribution in [0.3, 0.4) is 0 Å². The number of pyridine rings is 1. The zero-order valence-electron chi connectivity index (χ0n) is 11.6. The molecule has 1 atom stereocenters. The average molecular weight is 296 g/mol. The van der Waals surface area contributed by atoms with Crippen molar-refractivity contribution >= 4 is 0 Å². The number of aryl methyl sites for hydroxylation is 1. The summed E-state index contributed by atoms with van der Waals surface area (Å²) >= 11 is 0. The van der Waals surface area contributed by atoms with Crippen molar-refractivity contribution < 1.29 is 17.9 Å². The molecule has 0 saturated carbocycles. The standard InChI is InChI=1S/C15H15F3N2O/c1-10-11(7-5-9-20-10)14(19-2)12-6-3-4-8-13(12)21-15(16,17)18/h3-9,14,19H,1-2H3. The van der Waals surface area contributed by atoms with Crippen LogP contribution >= 0.6 is 0 Å². The highest BCUT2D eigenvalue weighted by molar-refractivity contribution is 5.42. The summed E-state index contributed by atoms with van der Waals surface area (Å²) in [5.41, 5.74) is 1.96. The molecule has 112 valence electrons. The number of hydrogen-bond donors (Lipinski definition) is 1. The minimum Gasteiger partial charge on any atom is -0.405 e. The van der Waals surface area contributed by atoms with E-state index in [-0.39, 0.29) is 5.75 Å². The molecule has 2 aromatic rings. The normalized spacial score (nSPS) is 13.0. The molecule has 0 aliphatic rings. The third-order valence-electron chi connectivity index (χ3n) is 3.10. The first kappa shape index (κ1) is 15.3. The zero-order valence-corrected chi connectivity index (χ0v) is 11.6. The number of benzene rings is 1. The van der Waals surface area contributed by atoms with Crippen LogP contribution in [0, 0.1) is 6.92 Å². The highest BCUT2D eigenvalue weighted by Gasteiger charge is 2.33. The molecule has 0 aliphatic heterocycles. The first-order chi connectivity index (χ1) is 9.92. The van der Waals surface area contributed by atoms with E-state index >= 15 is 0 Å². The Morgan fingerprint density at radius 1 is 1.10 bits per heavy atom. The molecule has 6 heteroatoms. The first-order valence-corrected chi connectivity index (χ1v) is 6.36. The van der Waals surface area contributed by atoms with E-state index in [1.165, 1.54) is 12.1 Å². The second-order valence-electron chi connectivity index (χ2n) is 4.49. The Morgan fingerprint density at radius 2 is 1.76 bits per heavy atom. The van der Waals surface area contributed by atoms with Crippen molar-refractivity contribution in [2.24, 2.45) is 0 Å². The van der Waals surface area contributed by atoms with Gasteiger partial charge in [-0.25, -0.2) is 0 Å². The highest BCUT2D eigenvalue weighted by Crippen LogP contribution is 2.33. The number of alkyl halides is 3. The molecule has 1 aromatic carbocycles. The van der Waals surface area contributed by atoms with Gasteiger partial charge in [0.2, 0.25) is 0 Å². The van der Waals surface area contributed by atoms with Crippen molar-refractivity contribution in [3.05, 3.63) is 59.4 Å². The van der Waals surface area contributed by atoms with Crippen molar-refractivity contribution in [1.82, 2.24) is 10.3 Å². The van der Waals surface area contributed by atoms with Gasteiger partial charge in [-0.05, 0) is 31.7 Å². The summed E-state index contributed by atoms with van der Waals surface area (Å²) < 4.78 is 41.7. The summed E-state index contributed by atoms with van der Waals surface area (Å²) in [6.07, 6.45) is -3.08. The molecular weight excluding hydrogens is 281 g/mol. The average Bonchev–Trinajstić information content (AvgIpc) is 2.42. The number of nitrogens with zero attached hydrogens (tertiary/aromatic N) is 1. The summed E-state index contributed by atoms with van der Waals surface area (Å²) in [4.78, 5) is 4.17. The lowest BCUT2D eigenvalue weighted by Gasteiger charge is -2.22. The van der Waals surface area contributed by atoms with Crippen molar-refractivity contribution in [1.29, 1.82) is 0 Å². The summed E-state index contributed by atoms with van der Waals surface area (Å²) in [6.45, 7) is 1.81. The fourth-order valence-corrected chi connectivity index (χ4v) is 2.22. The van der Waals surface area contributed by atoms with Gasteiger partial charge >= 0.3 is 6.36 Å². The largest absolute Gasteiger partial charge is 0.573 e. The van der Waals surface area contributed by atoms with Crippen LogP contribution in [0.2, 0.25) is 0 Å². The van der Waals surface area contributed by atoms with Crippen molar-refractivity contribution in [2.75, 3.05) is 7.05 Å². The van der Waals surface area contributed by atoms with E-state index in [9.17, 15) is 13.2 Å². The van der Waals surface area contributed by atoms with Crippen LogP contribution < -0.4 is 10.1 Å². The SMILES string of the molecule is CNC(c1ccccc1OC(F)(F)F)c1cccnc1C. The van der Waals surface area contributed by atoms with E-state index < -0.39 is 12.4 Å². The van der Waals surface area contributed by atoms with Crippen LogP contribution in [0.4, 0.5) is 13.2 Å². The van der Waals surface area contributed by atoms with E-state index in [1.54, 1.807) is 31.4 Å². The topological polar surface area (TPSA) is 34.1 Å². The smallest absolute Gasteiger partial charge is 0.405 e. The van der Waals surface area contributed by atoms with Gasteiger partial charge in [-0.1, -0.05) is 24.3 Å². The van der Waals surface area contributed by atoms with Crippen molar-refractivity contribution in [3.63, 3.8) is 0 Å². The van der Waals surface area contributed by atoms with Gasteiger partial charge in [0.15, 0.2) is 0 Å². The third-order valence-corrected chi connectivity index (χ3v) is 3.10. The van der Waals surface area contributed by atoms with Gasteiger partial charge in [-0.3, -0.25) is 4.98 Å². The second-order valence-corrected chi connectivity index (χ2v) is 4.49. The van der Waals surface area contributed by atoms with Crippen LogP contribution in [-0.4, -0.2) is 18.4 Å². The Hall–Kier alpha value is -2.08. The van der Waals surface area contributed by atoms with Crippen molar-refractivity contribution in [2.45, 2.75) is 19.3 Å². The minimum absolute atomic E-state index is 0.215. The number of nitrogens with one attached hydrogen (secondary N) is 1. The molecule has 0 fully saturated rings. The number of para-hydroxylation sites is 1. The second kappa shape index (κ2) is 6.13. The monoisotopic (exact) mass is 296 g/mol. The minimum atomic E-state index is -4.72. The maximum Gasteiger partial charge on any atom is 0.573 e. The van der Waals surface area contributed by atoms with Crippen LogP contribution in [0.1, 0.15) is 22.9 Å². The lowest BCUT2D eigenvalue weighted by molar-refractivity contribution is -0.275. The molecule has 1 N–H and O–H groups in total. The molecule has 21 heavy (non-hydrogen) atoms. The maximum atomic E-state index is 12.5. The zero-order chi connectivity index (χ0) is 15.5. The fourth-order valence-electron chi connectivity index (χ4n) is 2.22. The van der Waals surface area contributed by atoms with Crippen LogP contribution in [0.5, 0.6) is 5.75 Å². The van der Waals surface area contributed by atoms with Gasteiger partial charge in [0.05, 0.1) is 6.04 Å². The Morgan fingerprint density at radius 3 is 2.38 bits per heavy atom. The summed E-state index contributed by atoms with van der Waals surface area (Å²) in [6, 6.07) is 9.24. The maximum absolute atomic E-state index is 12.5. The van der Waals surface area contributed by atoms with Gasteiger partial charge in [0.25, 0.3) is 0 Å². The van der Waals surface area contributed by atoms with Crippen molar-refractivity contribution in [3.8, 4) is 5.75 Å². The van der Waals surface area contributed by atoms with Gasteiger partial charge in [0, 0.05) is 17.5 Å². The summed E-state index contributed by atoms with van der Waals surface area (Å²) in [5, 5.41) is 3.01. The number of hydrogen-bond acceptors (Lipinski definition) is 3. The number of rotatable bonds is 4. The molecule has 1 unspecified atom stereocenters. The van der Waals surface area contributed by atoms with Gasteiger partial charge < -0.3 is 10.1 Å². The van der Waals surface area contributed by atoms with Gasteiger partial charge in [-0.15, -0.1) is 13.2 Å². The Kier molecular flexibility index (Phi) is 4.47. The number of aromatic nitrogens is 1. The predicted molar refractivity (Wildman–Crippen MR) is 73.0 cm³/mol. The Bertz CT molecular complexity index is 614. The fraction of sp³-hybridized carbons (Fsp3) is 0.267. The Balaban J connectivity index is 2.46. The number of ether oxygens (including phenoxy) is 1. The summed E-state index contributed by atoms with van der Waals surface area (Å²) in [7, 11) is 1.68. The van der Waals surface area contributed by atoms with Crippen LogP contribution in [0.25, 0.3) is 0 Å². The third kappa shape index (κ3) is 3.72. The molecular formula is C15H15F3N2O. The van der Waals surface area contributed by atoms with Gasteiger partial charge in [0.1, 0.15) is 5.75 Å². The van der Waals surface area contributed by atoms with E-state index in [0.29, 0.717) is 5.56 Å². The van der Waals surface area contributed by atoms with Crippen LogP contribution in [0.15, 0.2) is 42.6 Å². The molecule has 0 aliphatic carbocycles. The van der Waals surface area contributed by atoms with E-state index in [4.69, 9.17) is 0 Å². The molecule has 2 rings (SSSR count). The molecule has 0 amide bonds. The molecule has 0 radical (unpaired) electrons. The molecule has 0 bridgehead atoms. The molecule has 0 saturated heterocycles. The van der Waals surface area contributed by atoms with E-state index in [1.807, 2.05) is 13.0 Å². The molecule has 3 nitrogen and oxygen atoms in total. The van der Waals surface area contributed by atoms with E-state index in [0.717, 1.165) is 11.3 Å². The predicted octanol–water partition coefficient (Wildman–Crippen LogP) is 3.60. The van der Waals surface area contributed by atoms with E-state index in [2.05, 4.69) is 15.0 Å². The lowest BCUT2D eigenvalue weighted by atomic mass is 9.97. The Labute approximate surface area is 120 Å². The lowest BCUT2D eigenvalue weighted by Crippen LogP contribution is -2.23. The molecule has 1 aromatic heterocycles. The number of halogens is 3.